The van der Waals surface area contributed by atoms with Crippen molar-refractivity contribution in [1.29, 1.82) is 0 Å². The summed E-state index contributed by atoms with van der Waals surface area (Å²) in [5.41, 5.74) is 7.77. The van der Waals surface area contributed by atoms with Gasteiger partial charge in [0.15, 0.2) is 6.61 Å². The number of carboxylic acid groups (broad SMARTS) is 1. The number of carboxylic acids is 1. The smallest absolute Gasteiger partial charge is 0.332 e. The maximum Gasteiger partial charge on any atom is 0.332 e. The zero-order valence-electron chi connectivity index (χ0n) is 11.9. The van der Waals surface area contributed by atoms with Crippen LogP contribution in [-0.4, -0.2) is 23.6 Å². The molecule has 0 aliphatic rings. The van der Waals surface area contributed by atoms with Crippen molar-refractivity contribution in [2.24, 2.45) is 0 Å². The van der Waals surface area contributed by atoms with E-state index in [4.69, 9.17) is 5.11 Å². The fraction of sp³-hybridized carbons (Fsp3) is 0.429. The first-order valence-corrected chi connectivity index (χ1v) is 5.98. The number of hydroxylamine groups is 1. The molecule has 0 atom stereocenters. The van der Waals surface area contributed by atoms with Crippen molar-refractivity contribution in [2.75, 3.05) is 6.61 Å². The first kappa shape index (κ1) is 15.2. The summed E-state index contributed by atoms with van der Waals surface area (Å²) in [6, 6.07) is 0. The van der Waals surface area contributed by atoms with E-state index in [1.54, 1.807) is 0 Å². The summed E-state index contributed by atoms with van der Waals surface area (Å²) < 4.78 is 0. The normalized spacial score (nSPS) is 10.4. The highest BCUT2D eigenvalue weighted by Crippen LogP contribution is 2.25. The van der Waals surface area contributed by atoms with Gasteiger partial charge >= 0.3 is 5.97 Å². The summed E-state index contributed by atoms with van der Waals surface area (Å²) in [6.45, 7) is 9.14. The van der Waals surface area contributed by atoms with Crippen molar-refractivity contribution in [3.05, 3.63) is 33.4 Å². The van der Waals surface area contributed by atoms with Crippen molar-refractivity contribution >= 4 is 11.9 Å². The van der Waals surface area contributed by atoms with Crippen LogP contribution < -0.4 is 5.48 Å². The summed E-state index contributed by atoms with van der Waals surface area (Å²) in [4.78, 5) is 27.0. The van der Waals surface area contributed by atoms with Crippen LogP contribution in [0.2, 0.25) is 0 Å². The van der Waals surface area contributed by atoms with E-state index >= 15 is 0 Å². The van der Waals surface area contributed by atoms with E-state index in [1.165, 1.54) is 0 Å². The van der Waals surface area contributed by atoms with Gasteiger partial charge in [-0.15, -0.1) is 0 Å². The van der Waals surface area contributed by atoms with Crippen molar-refractivity contribution in [2.45, 2.75) is 34.6 Å². The monoisotopic (exact) mass is 265 g/mol. The Labute approximate surface area is 112 Å². The second-order valence-corrected chi connectivity index (χ2v) is 4.61. The van der Waals surface area contributed by atoms with Crippen LogP contribution in [0.5, 0.6) is 0 Å². The molecule has 1 aromatic carbocycles. The second-order valence-electron chi connectivity index (χ2n) is 4.61. The van der Waals surface area contributed by atoms with Gasteiger partial charge in [0.05, 0.1) is 0 Å². The third kappa shape index (κ3) is 3.12. The van der Waals surface area contributed by atoms with Gasteiger partial charge in [0.1, 0.15) is 0 Å². The van der Waals surface area contributed by atoms with Crippen LogP contribution >= 0.6 is 0 Å². The lowest BCUT2D eigenvalue weighted by Gasteiger charge is -2.17. The Morgan fingerprint density at radius 2 is 1.37 bits per heavy atom. The van der Waals surface area contributed by atoms with E-state index in [0.29, 0.717) is 5.56 Å². The minimum Gasteiger partial charge on any atom is -0.479 e. The van der Waals surface area contributed by atoms with Gasteiger partial charge in [-0.1, -0.05) is 0 Å². The molecule has 0 saturated heterocycles. The molecule has 5 heteroatoms. The first-order chi connectivity index (χ1) is 8.77. The fourth-order valence-electron chi connectivity index (χ4n) is 2.05. The number of hydrogen-bond donors (Lipinski definition) is 2. The van der Waals surface area contributed by atoms with Crippen LogP contribution in [0.1, 0.15) is 38.2 Å². The standard InChI is InChI=1S/C14H19NO4/c1-7-8(2)10(4)13(11(5)9(7)3)14(18)15-19-6-12(16)17/h6H2,1-5H3,(H,15,18)(H,16,17). The lowest BCUT2D eigenvalue weighted by atomic mass is 9.89. The Bertz CT molecular complexity index is 506. The van der Waals surface area contributed by atoms with Crippen LogP contribution in [0.3, 0.4) is 0 Å². The van der Waals surface area contributed by atoms with Gasteiger partial charge in [-0.3, -0.25) is 9.63 Å². The molecule has 2 N–H and O–H groups in total. The van der Waals surface area contributed by atoms with Gasteiger partial charge in [0, 0.05) is 5.56 Å². The molecule has 0 spiro atoms. The highest BCUT2D eigenvalue weighted by atomic mass is 16.7. The maximum absolute atomic E-state index is 12.1. The van der Waals surface area contributed by atoms with Crippen molar-refractivity contribution in [3.8, 4) is 0 Å². The quantitative estimate of drug-likeness (QED) is 0.816. The number of nitrogens with one attached hydrogen (secondary N) is 1. The van der Waals surface area contributed by atoms with Gasteiger partial charge in [-0.2, -0.15) is 0 Å². The summed E-state index contributed by atoms with van der Waals surface area (Å²) >= 11 is 0. The predicted octanol–water partition coefficient (Wildman–Crippen LogP) is 1.97. The summed E-state index contributed by atoms with van der Waals surface area (Å²) in [6.07, 6.45) is 0. The molecule has 0 saturated carbocycles. The van der Waals surface area contributed by atoms with E-state index in [2.05, 4.69) is 10.3 Å². The Morgan fingerprint density at radius 1 is 0.947 bits per heavy atom. The number of rotatable bonds is 4. The van der Waals surface area contributed by atoms with Crippen LogP contribution in [-0.2, 0) is 9.63 Å². The molecule has 5 nitrogen and oxygen atoms in total. The molecular formula is C14H19NO4. The molecule has 0 aliphatic carbocycles. The molecule has 0 aromatic heterocycles. The molecule has 0 heterocycles. The van der Waals surface area contributed by atoms with E-state index in [0.717, 1.165) is 27.8 Å². The third-order valence-corrected chi connectivity index (χ3v) is 3.59. The summed E-state index contributed by atoms with van der Waals surface area (Å²) in [5, 5.41) is 8.45. The Kier molecular flexibility index (Phi) is 4.67. The third-order valence-electron chi connectivity index (χ3n) is 3.59. The van der Waals surface area contributed by atoms with E-state index in [-0.39, 0.29) is 0 Å². The van der Waals surface area contributed by atoms with Crippen LogP contribution in [0.4, 0.5) is 0 Å². The highest BCUT2D eigenvalue weighted by Gasteiger charge is 2.18. The fourth-order valence-corrected chi connectivity index (χ4v) is 2.05. The molecule has 0 fully saturated rings. The van der Waals surface area contributed by atoms with Gasteiger partial charge in [-0.05, 0) is 62.4 Å². The summed E-state index contributed by atoms with van der Waals surface area (Å²) in [5.74, 6) is -1.55. The molecule has 0 radical (unpaired) electrons. The molecule has 0 unspecified atom stereocenters. The van der Waals surface area contributed by atoms with Crippen molar-refractivity contribution in [3.63, 3.8) is 0 Å². The molecule has 19 heavy (non-hydrogen) atoms. The number of carbonyl (C=O) groups is 2. The lowest BCUT2D eigenvalue weighted by Crippen LogP contribution is -2.28. The Morgan fingerprint density at radius 3 is 1.79 bits per heavy atom. The number of hydrogen-bond acceptors (Lipinski definition) is 3. The number of carbonyl (C=O) groups excluding carboxylic acids is 1. The minimum atomic E-state index is -1.13. The topological polar surface area (TPSA) is 75.6 Å². The number of benzene rings is 1. The lowest BCUT2D eigenvalue weighted by molar-refractivity contribution is -0.144. The zero-order chi connectivity index (χ0) is 14.7. The molecule has 1 amide bonds. The molecule has 1 rings (SSSR count). The maximum atomic E-state index is 12.1. The van der Waals surface area contributed by atoms with Gasteiger partial charge in [0.25, 0.3) is 5.91 Å². The van der Waals surface area contributed by atoms with Crippen molar-refractivity contribution < 1.29 is 19.5 Å². The number of amides is 1. The van der Waals surface area contributed by atoms with Crippen LogP contribution in [0.15, 0.2) is 0 Å². The predicted molar refractivity (Wildman–Crippen MR) is 71.2 cm³/mol. The molecule has 0 bridgehead atoms. The highest BCUT2D eigenvalue weighted by molar-refractivity contribution is 5.97. The van der Waals surface area contributed by atoms with E-state index in [1.807, 2.05) is 34.6 Å². The molecule has 0 aliphatic heterocycles. The molecule has 104 valence electrons. The van der Waals surface area contributed by atoms with Crippen molar-refractivity contribution in [1.82, 2.24) is 5.48 Å². The average Bonchev–Trinajstić information content (AvgIpc) is 2.34. The average molecular weight is 265 g/mol. The molecular weight excluding hydrogens is 246 g/mol. The Hall–Kier alpha value is -1.88. The Balaban J connectivity index is 3.07. The van der Waals surface area contributed by atoms with Crippen LogP contribution in [0, 0.1) is 34.6 Å². The zero-order valence-corrected chi connectivity index (χ0v) is 11.9. The summed E-state index contributed by atoms with van der Waals surface area (Å²) in [7, 11) is 0. The largest absolute Gasteiger partial charge is 0.479 e. The van der Waals surface area contributed by atoms with E-state index in [9.17, 15) is 9.59 Å². The van der Waals surface area contributed by atoms with E-state index < -0.39 is 18.5 Å². The SMILES string of the molecule is Cc1c(C)c(C)c(C(=O)NOCC(=O)O)c(C)c1C. The van der Waals surface area contributed by atoms with Gasteiger partial charge < -0.3 is 5.11 Å². The number of aliphatic carboxylic acids is 1. The minimum absolute atomic E-state index is 0.414. The second kappa shape index (κ2) is 5.84. The van der Waals surface area contributed by atoms with Gasteiger partial charge in [0.2, 0.25) is 0 Å². The molecule has 1 aromatic rings. The first-order valence-electron chi connectivity index (χ1n) is 5.98. The van der Waals surface area contributed by atoms with Crippen LogP contribution in [0.25, 0.3) is 0 Å². The van der Waals surface area contributed by atoms with Gasteiger partial charge in [-0.25, -0.2) is 10.3 Å².